The van der Waals surface area contributed by atoms with Crippen LogP contribution in [-0.4, -0.2) is 37.6 Å². The molecule has 6 nitrogen and oxygen atoms in total. The number of ether oxygens (including phenoxy) is 3. The second-order valence-corrected chi connectivity index (χ2v) is 7.01. The third-order valence-corrected chi connectivity index (χ3v) is 5.30. The van der Waals surface area contributed by atoms with Gasteiger partial charge >= 0.3 is 5.97 Å². The molecule has 0 unspecified atom stereocenters. The second-order valence-electron chi connectivity index (χ2n) is 6.01. The van der Waals surface area contributed by atoms with Crippen LogP contribution in [-0.2, 0) is 4.74 Å². The largest absolute Gasteiger partial charge is 0.493 e. The smallest absolute Gasteiger partial charge is 0.350 e. The number of Topliss-reactive ketones (excluding diaryl/α,β-unsaturated/α-hetero) is 1. The zero-order chi connectivity index (χ0) is 21.0. The van der Waals surface area contributed by atoms with Crippen molar-refractivity contribution in [2.45, 2.75) is 6.92 Å². The highest BCUT2D eigenvalue weighted by Gasteiger charge is 2.19. The minimum absolute atomic E-state index is 0.296. The Hall–Kier alpha value is -3.26. The number of carbonyl (C=O) groups excluding carboxylic acids is 2. The molecule has 8 heteroatoms. The van der Waals surface area contributed by atoms with E-state index in [1.165, 1.54) is 32.4 Å². The SMILES string of the molecule is COc1ccc(C(=O)COC(=O)c2sc(-c3ccc(F)cc3)nc2C)cc1OC. The minimum atomic E-state index is -0.637. The van der Waals surface area contributed by atoms with Crippen LogP contribution >= 0.6 is 11.3 Å². The molecule has 2 aromatic carbocycles. The first kappa shape index (κ1) is 20.5. The van der Waals surface area contributed by atoms with Crippen LogP contribution in [0.1, 0.15) is 25.7 Å². The Kier molecular flexibility index (Phi) is 6.23. The summed E-state index contributed by atoms with van der Waals surface area (Å²) in [4.78, 5) is 29.4. The summed E-state index contributed by atoms with van der Waals surface area (Å²) >= 11 is 1.13. The number of aryl methyl sites for hydroxylation is 1. The summed E-state index contributed by atoms with van der Waals surface area (Å²) in [5, 5.41) is 0.570. The lowest BCUT2D eigenvalue weighted by Gasteiger charge is -2.09. The summed E-state index contributed by atoms with van der Waals surface area (Å²) in [7, 11) is 2.97. The van der Waals surface area contributed by atoms with Gasteiger partial charge in [-0.3, -0.25) is 4.79 Å². The van der Waals surface area contributed by atoms with Crippen molar-refractivity contribution in [1.29, 1.82) is 0 Å². The molecule has 0 aliphatic heterocycles. The summed E-state index contributed by atoms with van der Waals surface area (Å²) in [5.41, 5.74) is 1.52. The van der Waals surface area contributed by atoms with Crippen LogP contribution in [0.15, 0.2) is 42.5 Å². The first-order valence-electron chi connectivity index (χ1n) is 8.58. The average Bonchev–Trinajstić information content (AvgIpc) is 3.13. The maximum atomic E-state index is 13.1. The number of esters is 1. The van der Waals surface area contributed by atoms with Gasteiger partial charge in [0.15, 0.2) is 23.9 Å². The van der Waals surface area contributed by atoms with E-state index in [2.05, 4.69) is 4.98 Å². The summed E-state index contributed by atoms with van der Waals surface area (Å²) in [5.74, 6) is -0.459. The number of hydrogen-bond acceptors (Lipinski definition) is 7. The molecule has 0 radical (unpaired) electrons. The first-order chi connectivity index (χ1) is 13.9. The molecule has 0 spiro atoms. The van der Waals surface area contributed by atoms with Crippen LogP contribution in [0.3, 0.4) is 0 Å². The first-order valence-corrected chi connectivity index (χ1v) is 9.40. The van der Waals surface area contributed by atoms with E-state index in [4.69, 9.17) is 14.2 Å². The van der Waals surface area contributed by atoms with Gasteiger partial charge < -0.3 is 14.2 Å². The Morgan fingerprint density at radius 1 is 1.03 bits per heavy atom. The van der Waals surface area contributed by atoms with Crippen LogP contribution < -0.4 is 9.47 Å². The Labute approximate surface area is 170 Å². The van der Waals surface area contributed by atoms with Gasteiger partial charge in [-0.1, -0.05) is 0 Å². The van der Waals surface area contributed by atoms with Crippen molar-refractivity contribution in [2.24, 2.45) is 0 Å². The molecule has 0 bridgehead atoms. The van der Waals surface area contributed by atoms with Crippen LogP contribution in [0.25, 0.3) is 10.6 Å². The molecule has 0 aliphatic rings. The van der Waals surface area contributed by atoms with Gasteiger partial charge in [-0.05, 0) is 49.4 Å². The maximum Gasteiger partial charge on any atom is 0.350 e. The molecule has 3 aromatic rings. The fourth-order valence-corrected chi connectivity index (χ4v) is 3.56. The van der Waals surface area contributed by atoms with Gasteiger partial charge in [0, 0.05) is 11.1 Å². The van der Waals surface area contributed by atoms with Crippen molar-refractivity contribution in [2.75, 3.05) is 20.8 Å². The molecule has 150 valence electrons. The average molecular weight is 415 g/mol. The van der Waals surface area contributed by atoms with Crippen LogP contribution in [0, 0.1) is 12.7 Å². The van der Waals surface area contributed by atoms with Crippen molar-refractivity contribution >= 4 is 23.1 Å². The molecule has 0 saturated heterocycles. The van der Waals surface area contributed by atoms with E-state index in [-0.39, 0.29) is 11.6 Å². The van der Waals surface area contributed by atoms with E-state index in [0.29, 0.717) is 38.2 Å². The van der Waals surface area contributed by atoms with E-state index >= 15 is 0 Å². The lowest BCUT2D eigenvalue weighted by molar-refractivity contribution is 0.0478. The minimum Gasteiger partial charge on any atom is -0.493 e. The van der Waals surface area contributed by atoms with Gasteiger partial charge in [0.1, 0.15) is 15.7 Å². The van der Waals surface area contributed by atoms with Gasteiger partial charge in [0.05, 0.1) is 19.9 Å². The van der Waals surface area contributed by atoms with E-state index in [1.807, 2.05) is 0 Å². The summed E-state index contributed by atoms with van der Waals surface area (Å²) in [6, 6.07) is 10.5. The van der Waals surface area contributed by atoms with Crippen LogP contribution in [0.5, 0.6) is 11.5 Å². The third kappa shape index (κ3) is 4.60. The molecule has 3 rings (SSSR count). The molecule has 0 amide bonds. The monoisotopic (exact) mass is 415 g/mol. The quantitative estimate of drug-likeness (QED) is 0.423. The summed E-state index contributed by atoms with van der Waals surface area (Å²) in [6.45, 7) is 1.26. The van der Waals surface area contributed by atoms with Gasteiger partial charge in [0.25, 0.3) is 0 Å². The van der Waals surface area contributed by atoms with Crippen molar-refractivity contribution in [3.05, 3.63) is 64.4 Å². The number of methoxy groups -OCH3 is 2. The lowest BCUT2D eigenvalue weighted by Crippen LogP contribution is -2.14. The summed E-state index contributed by atoms with van der Waals surface area (Å²) in [6.07, 6.45) is 0. The number of hydrogen-bond donors (Lipinski definition) is 0. The standard InChI is InChI=1S/C21H18FNO5S/c1-12-19(29-20(23-12)13-4-7-15(22)8-5-13)21(25)28-11-16(24)14-6-9-17(26-2)18(10-14)27-3/h4-10H,11H2,1-3H3. The fraction of sp³-hybridized carbons (Fsp3) is 0.190. The van der Waals surface area contributed by atoms with Crippen LogP contribution in [0.4, 0.5) is 4.39 Å². The predicted molar refractivity (Wildman–Crippen MR) is 106 cm³/mol. The van der Waals surface area contributed by atoms with Crippen molar-refractivity contribution in [3.63, 3.8) is 0 Å². The number of benzene rings is 2. The maximum absolute atomic E-state index is 13.1. The van der Waals surface area contributed by atoms with Crippen molar-refractivity contribution < 1.29 is 28.2 Å². The molecule has 0 aliphatic carbocycles. The molecular formula is C21H18FNO5S. The van der Waals surface area contributed by atoms with Crippen molar-refractivity contribution in [3.8, 4) is 22.1 Å². The van der Waals surface area contributed by atoms with Gasteiger partial charge in [0.2, 0.25) is 0 Å². The normalized spacial score (nSPS) is 10.5. The molecule has 1 aromatic heterocycles. The van der Waals surface area contributed by atoms with Gasteiger partial charge in [-0.15, -0.1) is 11.3 Å². The van der Waals surface area contributed by atoms with Gasteiger partial charge in [-0.2, -0.15) is 0 Å². The molecule has 0 N–H and O–H groups in total. The highest BCUT2D eigenvalue weighted by atomic mass is 32.1. The molecule has 29 heavy (non-hydrogen) atoms. The number of thiazole rings is 1. The number of aromatic nitrogens is 1. The highest BCUT2D eigenvalue weighted by Crippen LogP contribution is 2.29. The molecule has 1 heterocycles. The lowest BCUT2D eigenvalue weighted by atomic mass is 10.1. The van der Waals surface area contributed by atoms with Crippen LogP contribution in [0.2, 0.25) is 0 Å². The molecule has 0 atom stereocenters. The number of ketones is 1. The van der Waals surface area contributed by atoms with Crippen molar-refractivity contribution in [1.82, 2.24) is 4.98 Å². The zero-order valence-corrected chi connectivity index (χ0v) is 16.8. The van der Waals surface area contributed by atoms with E-state index in [0.717, 1.165) is 11.3 Å². The third-order valence-electron chi connectivity index (χ3n) is 4.11. The molecule has 0 fully saturated rings. The number of rotatable bonds is 7. The van der Waals surface area contributed by atoms with E-state index in [9.17, 15) is 14.0 Å². The summed E-state index contributed by atoms with van der Waals surface area (Å²) < 4.78 is 28.6. The molecule has 0 saturated carbocycles. The second kappa shape index (κ2) is 8.83. The van der Waals surface area contributed by atoms with Gasteiger partial charge in [-0.25, -0.2) is 14.2 Å². The zero-order valence-electron chi connectivity index (χ0n) is 16.0. The highest BCUT2D eigenvalue weighted by molar-refractivity contribution is 7.17. The van der Waals surface area contributed by atoms with E-state index in [1.54, 1.807) is 31.2 Å². The predicted octanol–water partition coefficient (Wildman–Crippen LogP) is 4.31. The Bertz CT molecular complexity index is 1050. The Balaban J connectivity index is 1.69. The number of nitrogens with zero attached hydrogens (tertiary/aromatic N) is 1. The molecular weight excluding hydrogens is 397 g/mol. The van der Waals surface area contributed by atoms with E-state index < -0.39 is 12.6 Å². The number of halogens is 1. The number of carbonyl (C=O) groups is 2. The Morgan fingerprint density at radius 3 is 2.38 bits per heavy atom. The fourth-order valence-electron chi connectivity index (χ4n) is 2.59. The topological polar surface area (TPSA) is 74.7 Å². The Morgan fingerprint density at radius 2 is 1.72 bits per heavy atom.